The fourth-order valence-electron chi connectivity index (χ4n) is 3.54. The molecule has 2 saturated heterocycles. The van der Waals surface area contributed by atoms with Crippen LogP contribution >= 0.6 is 0 Å². The van der Waals surface area contributed by atoms with Crippen molar-refractivity contribution in [3.63, 3.8) is 0 Å². The number of benzene rings is 1. The number of morpholine rings is 1. The Morgan fingerprint density at radius 1 is 1.10 bits per heavy atom. The first-order valence-electron chi connectivity index (χ1n) is 10.9. The van der Waals surface area contributed by atoms with Gasteiger partial charge in [0.05, 0.1) is 32.5 Å². The number of rotatable bonds is 9. The molecular weight excluding hydrogens is 368 g/mol. The molecule has 0 aliphatic carbocycles. The molecule has 2 aliphatic heterocycles. The Balaban J connectivity index is 1.44. The van der Waals surface area contributed by atoms with E-state index in [0.29, 0.717) is 19.3 Å². The summed E-state index contributed by atoms with van der Waals surface area (Å²) in [5, 5.41) is 6.77. The van der Waals surface area contributed by atoms with Crippen molar-refractivity contribution in [1.82, 2.24) is 15.5 Å². The molecule has 2 N–H and O–H groups in total. The molecule has 0 atom stereocenters. The average Bonchev–Trinajstić information content (AvgIpc) is 2.78. The highest BCUT2D eigenvalue weighted by molar-refractivity contribution is 5.79. The summed E-state index contributed by atoms with van der Waals surface area (Å²) in [4.78, 5) is 7.17. The Kier molecular flexibility index (Phi) is 9.72. The van der Waals surface area contributed by atoms with Crippen molar-refractivity contribution in [2.24, 2.45) is 4.99 Å². The zero-order valence-corrected chi connectivity index (χ0v) is 17.7. The van der Waals surface area contributed by atoms with E-state index in [4.69, 9.17) is 19.2 Å². The molecule has 0 unspecified atom stereocenters. The van der Waals surface area contributed by atoms with Gasteiger partial charge in [0.15, 0.2) is 5.96 Å². The van der Waals surface area contributed by atoms with E-state index in [-0.39, 0.29) is 0 Å². The van der Waals surface area contributed by atoms with Gasteiger partial charge in [0, 0.05) is 45.9 Å². The normalized spacial score (nSPS) is 19.3. The van der Waals surface area contributed by atoms with Crippen LogP contribution in [0.2, 0.25) is 0 Å². The number of nitrogens with one attached hydrogen (secondary N) is 2. The van der Waals surface area contributed by atoms with E-state index in [1.54, 1.807) is 0 Å². The maximum absolute atomic E-state index is 6.04. The Bertz CT molecular complexity index is 614. The topological polar surface area (TPSA) is 67.4 Å². The van der Waals surface area contributed by atoms with Crippen LogP contribution < -0.4 is 10.6 Å². The first kappa shape index (κ1) is 22.0. The summed E-state index contributed by atoms with van der Waals surface area (Å²) < 4.78 is 16.8. The fourth-order valence-corrected chi connectivity index (χ4v) is 3.54. The van der Waals surface area contributed by atoms with Gasteiger partial charge in [0.2, 0.25) is 0 Å². The van der Waals surface area contributed by atoms with Crippen LogP contribution in [0.3, 0.4) is 0 Å². The molecule has 7 nitrogen and oxygen atoms in total. The minimum Gasteiger partial charge on any atom is -0.381 e. The summed E-state index contributed by atoms with van der Waals surface area (Å²) in [5.41, 5.74) is 2.40. The summed E-state index contributed by atoms with van der Waals surface area (Å²) in [5.74, 6) is 0.865. The van der Waals surface area contributed by atoms with Gasteiger partial charge in [-0.2, -0.15) is 0 Å². The van der Waals surface area contributed by atoms with Crippen LogP contribution in [0.1, 0.15) is 30.9 Å². The lowest BCUT2D eigenvalue weighted by Gasteiger charge is -2.26. The van der Waals surface area contributed by atoms with Crippen molar-refractivity contribution < 1.29 is 14.2 Å². The highest BCUT2D eigenvalue weighted by Gasteiger charge is 2.14. The second kappa shape index (κ2) is 12.8. The van der Waals surface area contributed by atoms with Gasteiger partial charge in [-0.15, -0.1) is 0 Å². The van der Waals surface area contributed by atoms with Gasteiger partial charge in [0.1, 0.15) is 0 Å². The van der Waals surface area contributed by atoms with Crippen LogP contribution in [-0.4, -0.2) is 76.1 Å². The Morgan fingerprint density at radius 2 is 1.86 bits per heavy atom. The van der Waals surface area contributed by atoms with E-state index in [1.165, 1.54) is 11.1 Å². The summed E-state index contributed by atoms with van der Waals surface area (Å²) in [6.07, 6.45) is 2.31. The van der Waals surface area contributed by atoms with Gasteiger partial charge < -0.3 is 24.8 Å². The standard InChI is InChI=1S/C22H36N4O3/c1-2-23-22(24-8-9-26-10-14-28-15-11-26)25-17-19-4-3-5-20(16-19)18-29-21-6-12-27-13-7-21/h3-5,16,21H,2,6-15,17-18H2,1H3,(H2,23,24,25). The number of hydrogen-bond donors (Lipinski definition) is 2. The number of hydrogen-bond acceptors (Lipinski definition) is 5. The quantitative estimate of drug-likeness (QED) is 0.483. The molecule has 1 aromatic rings. The maximum atomic E-state index is 6.04. The van der Waals surface area contributed by atoms with Crippen LogP contribution in [0.15, 0.2) is 29.3 Å². The molecule has 3 rings (SSSR count). The molecule has 0 saturated carbocycles. The van der Waals surface area contributed by atoms with Gasteiger partial charge in [-0.1, -0.05) is 24.3 Å². The number of ether oxygens (including phenoxy) is 3. The lowest BCUT2D eigenvalue weighted by atomic mass is 10.1. The van der Waals surface area contributed by atoms with Crippen molar-refractivity contribution in [2.75, 3.05) is 59.2 Å². The first-order chi connectivity index (χ1) is 14.3. The molecular formula is C22H36N4O3. The summed E-state index contributed by atoms with van der Waals surface area (Å²) in [6.45, 7) is 11.4. The fraction of sp³-hybridized carbons (Fsp3) is 0.682. The molecule has 0 bridgehead atoms. The Hall–Kier alpha value is -1.67. The van der Waals surface area contributed by atoms with Crippen molar-refractivity contribution in [3.8, 4) is 0 Å². The Labute approximate surface area is 174 Å². The first-order valence-corrected chi connectivity index (χ1v) is 10.9. The van der Waals surface area contributed by atoms with E-state index in [1.807, 2.05) is 0 Å². The predicted octanol–water partition coefficient (Wildman–Crippen LogP) is 1.77. The van der Waals surface area contributed by atoms with E-state index in [0.717, 1.165) is 78.0 Å². The number of aliphatic imine (C=N–C) groups is 1. The van der Waals surface area contributed by atoms with Gasteiger partial charge >= 0.3 is 0 Å². The highest BCUT2D eigenvalue weighted by Crippen LogP contribution is 2.14. The van der Waals surface area contributed by atoms with Crippen molar-refractivity contribution in [3.05, 3.63) is 35.4 Å². The zero-order valence-electron chi connectivity index (χ0n) is 17.7. The van der Waals surface area contributed by atoms with E-state index >= 15 is 0 Å². The molecule has 0 amide bonds. The smallest absolute Gasteiger partial charge is 0.191 e. The van der Waals surface area contributed by atoms with Crippen molar-refractivity contribution in [1.29, 1.82) is 0 Å². The summed E-state index contributed by atoms with van der Waals surface area (Å²) in [7, 11) is 0. The molecule has 29 heavy (non-hydrogen) atoms. The van der Waals surface area contributed by atoms with E-state index in [9.17, 15) is 0 Å². The molecule has 2 fully saturated rings. The van der Waals surface area contributed by atoms with Crippen LogP contribution in [0.25, 0.3) is 0 Å². The number of guanidine groups is 1. The lowest BCUT2D eigenvalue weighted by Crippen LogP contribution is -2.44. The van der Waals surface area contributed by atoms with Crippen LogP contribution in [0, 0.1) is 0 Å². The molecule has 0 radical (unpaired) electrons. The molecule has 1 aromatic carbocycles. The van der Waals surface area contributed by atoms with Gasteiger partial charge in [-0.05, 0) is 30.9 Å². The molecule has 0 spiro atoms. The molecule has 2 aliphatic rings. The molecule has 162 valence electrons. The summed E-state index contributed by atoms with van der Waals surface area (Å²) in [6, 6.07) is 8.53. The van der Waals surface area contributed by atoms with Crippen LogP contribution in [-0.2, 0) is 27.4 Å². The largest absolute Gasteiger partial charge is 0.381 e. The van der Waals surface area contributed by atoms with Crippen LogP contribution in [0.5, 0.6) is 0 Å². The van der Waals surface area contributed by atoms with Gasteiger partial charge in [-0.3, -0.25) is 4.90 Å². The number of nitrogens with zero attached hydrogens (tertiary/aromatic N) is 2. The van der Waals surface area contributed by atoms with Gasteiger partial charge in [0.25, 0.3) is 0 Å². The third-order valence-electron chi connectivity index (χ3n) is 5.23. The van der Waals surface area contributed by atoms with Crippen LogP contribution in [0.4, 0.5) is 0 Å². The lowest BCUT2D eigenvalue weighted by molar-refractivity contribution is -0.0390. The predicted molar refractivity (Wildman–Crippen MR) is 115 cm³/mol. The maximum Gasteiger partial charge on any atom is 0.191 e. The van der Waals surface area contributed by atoms with Gasteiger partial charge in [-0.25, -0.2) is 4.99 Å². The van der Waals surface area contributed by atoms with Crippen molar-refractivity contribution in [2.45, 2.75) is 39.0 Å². The summed E-state index contributed by atoms with van der Waals surface area (Å²) >= 11 is 0. The molecule has 2 heterocycles. The third-order valence-corrected chi connectivity index (χ3v) is 5.23. The third kappa shape index (κ3) is 8.30. The molecule has 0 aromatic heterocycles. The second-order valence-electron chi connectivity index (χ2n) is 7.52. The molecule has 7 heteroatoms. The van der Waals surface area contributed by atoms with Crippen molar-refractivity contribution >= 4 is 5.96 Å². The monoisotopic (exact) mass is 404 g/mol. The minimum absolute atomic E-state index is 0.321. The zero-order chi connectivity index (χ0) is 20.2. The minimum atomic E-state index is 0.321. The second-order valence-corrected chi connectivity index (χ2v) is 7.52. The SMILES string of the molecule is CCNC(=NCc1cccc(COC2CCOCC2)c1)NCCN1CCOCC1. The van der Waals surface area contributed by atoms with E-state index in [2.05, 4.69) is 46.7 Å². The Morgan fingerprint density at radius 3 is 2.66 bits per heavy atom. The average molecular weight is 405 g/mol. The highest BCUT2D eigenvalue weighted by atomic mass is 16.5. The van der Waals surface area contributed by atoms with E-state index < -0.39 is 0 Å².